The van der Waals surface area contributed by atoms with Crippen LogP contribution in [0, 0.1) is 12.8 Å². The SMILES string of the molecule is Cc1ccc(S(=O)(=O)N2CCN(C(=O)[C@H]3COc4ccccc4C3)CC2)cc1. The van der Waals surface area contributed by atoms with Gasteiger partial charge in [-0.1, -0.05) is 35.9 Å². The molecule has 4 rings (SSSR count). The van der Waals surface area contributed by atoms with Gasteiger partial charge in [-0.3, -0.25) is 4.79 Å². The molecule has 0 radical (unpaired) electrons. The fourth-order valence-electron chi connectivity index (χ4n) is 3.75. The highest BCUT2D eigenvalue weighted by molar-refractivity contribution is 7.89. The first-order chi connectivity index (χ1) is 13.4. The van der Waals surface area contributed by atoms with E-state index in [4.69, 9.17) is 4.74 Å². The molecule has 0 aromatic heterocycles. The minimum absolute atomic E-state index is 0.0434. The Kier molecular flexibility index (Phi) is 5.12. The number of hydrogen-bond acceptors (Lipinski definition) is 4. The van der Waals surface area contributed by atoms with Crippen molar-refractivity contribution >= 4 is 15.9 Å². The Morgan fingerprint density at radius 1 is 1.00 bits per heavy atom. The number of para-hydroxylation sites is 1. The normalized spacial score (nSPS) is 20.3. The molecule has 2 aliphatic heterocycles. The molecule has 2 heterocycles. The summed E-state index contributed by atoms with van der Waals surface area (Å²) < 4.78 is 32.8. The van der Waals surface area contributed by atoms with E-state index in [1.165, 1.54) is 4.31 Å². The highest BCUT2D eigenvalue weighted by Gasteiger charge is 2.34. The minimum atomic E-state index is -3.52. The van der Waals surface area contributed by atoms with Crippen LogP contribution in [0.25, 0.3) is 0 Å². The van der Waals surface area contributed by atoms with Gasteiger partial charge in [0.25, 0.3) is 0 Å². The van der Waals surface area contributed by atoms with Crippen LogP contribution in [0.4, 0.5) is 0 Å². The standard InChI is InChI=1S/C21H24N2O4S/c1-16-6-8-19(9-7-16)28(25,26)23-12-10-22(11-13-23)21(24)18-14-17-4-2-3-5-20(17)27-15-18/h2-9,18H,10-15H2,1H3/t18-/m1/s1. The number of piperazine rings is 1. The molecule has 2 aromatic carbocycles. The van der Waals surface area contributed by atoms with Crippen molar-refractivity contribution in [3.63, 3.8) is 0 Å². The molecule has 0 bridgehead atoms. The lowest BCUT2D eigenvalue weighted by molar-refractivity contribution is -0.138. The minimum Gasteiger partial charge on any atom is -0.492 e. The number of aryl methyl sites for hydroxylation is 1. The molecule has 1 atom stereocenters. The molecule has 0 spiro atoms. The van der Waals surface area contributed by atoms with Gasteiger partial charge in [0.2, 0.25) is 15.9 Å². The zero-order valence-corrected chi connectivity index (χ0v) is 16.7. The Morgan fingerprint density at radius 3 is 2.39 bits per heavy atom. The summed E-state index contributed by atoms with van der Waals surface area (Å²) >= 11 is 0. The molecular weight excluding hydrogens is 376 g/mol. The molecule has 1 fully saturated rings. The van der Waals surface area contributed by atoms with E-state index in [1.54, 1.807) is 29.2 Å². The summed E-state index contributed by atoms with van der Waals surface area (Å²) in [6, 6.07) is 14.7. The Labute approximate surface area is 165 Å². The van der Waals surface area contributed by atoms with Gasteiger partial charge in [-0.25, -0.2) is 8.42 Å². The van der Waals surface area contributed by atoms with E-state index in [-0.39, 0.29) is 11.8 Å². The van der Waals surface area contributed by atoms with Gasteiger partial charge in [0.05, 0.1) is 10.8 Å². The molecular formula is C21H24N2O4S. The van der Waals surface area contributed by atoms with Gasteiger partial charge in [0.1, 0.15) is 12.4 Å². The first kappa shape index (κ1) is 19.0. The van der Waals surface area contributed by atoms with E-state index in [1.807, 2.05) is 31.2 Å². The summed E-state index contributed by atoms with van der Waals surface area (Å²) in [5.41, 5.74) is 2.07. The third kappa shape index (κ3) is 3.64. The third-order valence-corrected chi connectivity index (χ3v) is 7.35. The zero-order chi connectivity index (χ0) is 19.7. The number of carbonyl (C=O) groups is 1. The predicted molar refractivity (Wildman–Crippen MR) is 106 cm³/mol. The lowest BCUT2D eigenvalue weighted by Crippen LogP contribution is -2.52. The van der Waals surface area contributed by atoms with E-state index in [0.717, 1.165) is 16.9 Å². The monoisotopic (exact) mass is 400 g/mol. The molecule has 6 nitrogen and oxygen atoms in total. The van der Waals surface area contributed by atoms with Gasteiger partial charge in [0, 0.05) is 26.2 Å². The van der Waals surface area contributed by atoms with Gasteiger partial charge >= 0.3 is 0 Å². The fraction of sp³-hybridized carbons (Fsp3) is 0.381. The number of benzene rings is 2. The number of rotatable bonds is 3. The molecule has 1 saturated heterocycles. The van der Waals surface area contributed by atoms with Crippen molar-refractivity contribution in [3.8, 4) is 5.75 Å². The second kappa shape index (κ2) is 7.56. The predicted octanol–water partition coefficient (Wildman–Crippen LogP) is 2.08. The van der Waals surface area contributed by atoms with Crippen molar-refractivity contribution in [1.82, 2.24) is 9.21 Å². The summed E-state index contributed by atoms with van der Waals surface area (Å²) in [7, 11) is -3.52. The number of carbonyl (C=O) groups excluding carboxylic acids is 1. The van der Waals surface area contributed by atoms with Crippen LogP contribution in [0.5, 0.6) is 5.75 Å². The quantitative estimate of drug-likeness (QED) is 0.791. The molecule has 1 amide bonds. The number of ether oxygens (including phenoxy) is 1. The Balaban J connectivity index is 1.39. The molecule has 2 aliphatic rings. The van der Waals surface area contributed by atoms with Crippen LogP contribution >= 0.6 is 0 Å². The van der Waals surface area contributed by atoms with Gasteiger partial charge in [-0.2, -0.15) is 4.31 Å². The summed E-state index contributed by atoms with van der Waals surface area (Å²) in [6.45, 7) is 3.73. The highest BCUT2D eigenvalue weighted by atomic mass is 32.2. The van der Waals surface area contributed by atoms with Crippen LogP contribution in [-0.4, -0.2) is 56.3 Å². The summed E-state index contributed by atoms with van der Waals surface area (Å²) in [4.78, 5) is 15.0. The third-order valence-electron chi connectivity index (χ3n) is 5.44. The van der Waals surface area contributed by atoms with E-state index >= 15 is 0 Å². The maximum atomic E-state index is 12.9. The first-order valence-corrected chi connectivity index (χ1v) is 11.0. The van der Waals surface area contributed by atoms with Gasteiger partial charge in [0.15, 0.2) is 0 Å². The number of amides is 1. The summed E-state index contributed by atoms with van der Waals surface area (Å²) in [5.74, 6) is 0.678. The van der Waals surface area contributed by atoms with E-state index < -0.39 is 10.0 Å². The largest absolute Gasteiger partial charge is 0.492 e. The van der Waals surface area contributed by atoms with Crippen LogP contribution in [0.15, 0.2) is 53.4 Å². The lowest BCUT2D eigenvalue weighted by atomic mass is 9.95. The molecule has 2 aromatic rings. The second-order valence-corrected chi connectivity index (χ2v) is 9.30. The molecule has 0 aliphatic carbocycles. The van der Waals surface area contributed by atoms with Crippen LogP contribution in [-0.2, 0) is 21.2 Å². The number of hydrogen-bond donors (Lipinski definition) is 0. The molecule has 0 N–H and O–H groups in total. The molecule has 28 heavy (non-hydrogen) atoms. The summed E-state index contributed by atoms with van der Waals surface area (Å²) in [5, 5.41) is 0. The Morgan fingerprint density at radius 2 is 1.68 bits per heavy atom. The van der Waals surface area contributed by atoms with Gasteiger partial charge in [-0.05, 0) is 37.1 Å². The van der Waals surface area contributed by atoms with Crippen molar-refractivity contribution in [2.24, 2.45) is 5.92 Å². The Hall–Kier alpha value is -2.38. The number of sulfonamides is 1. The summed E-state index contributed by atoms with van der Waals surface area (Å²) in [6.07, 6.45) is 0.664. The Bertz CT molecular complexity index is 964. The highest BCUT2D eigenvalue weighted by Crippen LogP contribution is 2.28. The van der Waals surface area contributed by atoms with Crippen molar-refractivity contribution in [2.45, 2.75) is 18.2 Å². The topological polar surface area (TPSA) is 66.9 Å². The van der Waals surface area contributed by atoms with Crippen molar-refractivity contribution in [1.29, 1.82) is 0 Å². The van der Waals surface area contributed by atoms with Gasteiger partial charge < -0.3 is 9.64 Å². The first-order valence-electron chi connectivity index (χ1n) is 9.51. The van der Waals surface area contributed by atoms with Crippen LogP contribution < -0.4 is 4.74 Å². The maximum Gasteiger partial charge on any atom is 0.243 e. The molecule has 148 valence electrons. The van der Waals surface area contributed by atoms with E-state index in [2.05, 4.69) is 0 Å². The molecule has 0 saturated carbocycles. The van der Waals surface area contributed by atoms with Crippen LogP contribution in [0.3, 0.4) is 0 Å². The molecule has 0 unspecified atom stereocenters. The van der Waals surface area contributed by atoms with E-state index in [0.29, 0.717) is 44.1 Å². The zero-order valence-electron chi connectivity index (χ0n) is 15.9. The van der Waals surface area contributed by atoms with Crippen molar-refractivity contribution in [3.05, 3.63) is 59.7 Å². The average molecular weight is 401 g/mol. The lowest BCUT2D eigenvalue weighted by Gasteiger charge is -2.36. The smallest absolute Gasteiger partial charge is 0.243 e. The van der Waals surface area contributed by atoms with Gasteiger partial charge in [-0.15, -0.1) is 0 Å². The van der Waals surface area contributed by atoms with Crippen molar-refractivity contribution < 1.29 is 17.9 Å². The second-order valence-electron chi connectivity index (χ2n) is 7.36. The van der Waals surface area contributed by atoms with Crippen molar-refractivity contribution in [2.75, 3.05) is 32.8 Å². The van der Waals surface area contributed by atoms with Crippen LogP contribution in [0.2, 0.25) is 0 Å². The van der Waals surface area contributed by atoms with Crippen LogP contribution in [0.1, 0.15) is 11.1 Å². The maximum absolute atomic E-state index is 12.9. The molecule has 7 heteroatoms. The number of fused-ring (bicyclic) bond motifs is 1. The van der Waals surface area contributed by atoms with E-state index in [9.17, 15) is 13.2 Å². The fourth-order valence-corrected chi connectivity index (χ4v) is 5.18. The average Bonchev–Trinajstić information content (AvgIpc) is 2.73. The number of nitrogens with zero attached hydrogens (tertiary/aromatic N) is 2.